The van der Waals surface area contributed by atoms with Crippen molar-refractivity contribution < 1.29 is 19.0 Å². The van der Waals surface area contributed by atoms with Crippen LogP contribution in [0.25, 0.3) is 0 Å². The first kappa shape index (κ1) is 22.0. The molecule has 1 aliphatic rings. The number of benzene rings is 1. The summed E-state index contributed by atoms with van der Waals surface area (Å²) < 4.78 is 17.9. The number of unbranched alkanes of at least 4 members (excludes halogenated alkanes) is 1. The van der Waals surface area contributed by atoms with E-state index in [4.69, 9.17) is 19.3 Å². The lowest BCUT2D eigenvalue weighted by molar-refractivity contribution is -0.139. The average Bonchev–Trinajstić information content (AvgIpc) is 3.14. The molecule has 162 valence electrons. The summed E-state index contributed by atoms with van der Waals surface area (Å²) in [5.74, 6) is 2.35. The third kappa shape index (κ3) is 4.40. The van der Waals surface area contributed by atoms with E-state index < -0.39 is 6.04 Å². The van der Waals surface area contributed by atoms with E-state index in [0.29, 0.717) is 33.9 Å². The number of nitrogens with zero attached hydrogens (tertiary/aromatic N) is 3. The number of carbonyl (C=O) groups excluding carboxylic acids is 1. The van der Waals surface area contributed by atoms with E-state index in [-0.39, 0.29) is 12.6 Å². The summed E-state index contributed by atoms with van der Waals surface area (Å²) in [6.45, 7) is 6.08. The van der Waals surface area contributed by atoms with E-state index >= 15 is 0 Å². The van der Waals surface area contributed by atoms with Gasteiger partial charge in [-0.15, -0.1) is 5.10 Å². The van der Waals surface area contributed by atoms with Crippen LogP contribution < -0.4 is 14.8 Å². The van der Waals surface area contributed by atoms with Gasteiger partial charge in [0.25, 0.3) is 0 Å². The van der Waals surface area contributed by atoms with Crippen LogP contribution in [0.4, 0.5) is 5.95 Å². The number of nitrogens with one attached hydrogen (secondary N) is 1. The van der Waals surface area contributed by atoms with Crippen molar-refractivity contribution in [2.45, 2.75) is 44.8 Å². The predicted octanol–water partition coefficient (Wildman–Crippen LogP) is 4.04. The molecule has 9 heteroatoms. The van der Waals surface area contributed by atoms with Gasteiger partial charge in [0.2, 0.25) is 11.1 Å². The minimum atomic E-state index is -0.492. The maximum atomic E-state index is 12.9. The van der Waals surface area contributed by atoms with E-state index in [0.717, 1.165) is 24.2 Å². The molecule has 1 aromatic carbocycles. The highest BCUT2D eigenvalue weighted by Gasteiger charge is 2.35. The second-order valence-corrected chi connectivity index (χ2v) is 7.83. The molecule has 8 nitrogen and oxygen atoms in total. The van der Waals surface area contributed by atoms with Crippen LogP contribution in [0.2, 0.25) is 0 Å². The standard InChI is InChI=1S/C21H28N4O4S/c1-6-8-11-30-21-23-20-22-13(3)17(19(26)29-7-2)18(25(20)24-21)14-9-10-15(27-4)16(12-14)28-5/h9-10,12,18H,6-8,11H2,1-5H3,(H,22,23,24). The molecule has 2 aromatic rings. The van der Waals surface area contributed by atoms with Gasteiger partial charge in [0.15, 0.2) is 11.5 Å². The Morgan fingerprint density at radius 1 is 1.23 bits per heavy atom. The lowest BCUT2D eigenvalue weighted by Gasteiger charge is -2.28. The summed E-state index contributed by atoms with van der Waals surface area (Å²) in [7, 11) is 3.17. The molecule has 0 spiro atoms. The average molecular weight is 433 g/mol. The highest BCUT2D eigenvalue weighted by atomic mass is 32.2. The molecule has 0 saturated heterocycles. The molecular formula is C21H28N4O4S. The molecule has 0 fully saturated rings. The number of aromatic nitrogens is 3. The van der Waals surface area contributed by atoms with E-state index in [2.05, 4.69) is 17.2 Å². The first-order valence-electron chi connectivity index (χ1n) is 10.00. The van der Waals surface area contributed by atoms with Crippen molar-refractivity contribution in [2.75, 3.05) is 31.9 Å². The number of hydrogen-bond donors (Lipinski definition) is 1. The molecule has 30 heavy (non-hydrogen) atoms. The van der Waals surface area contributed by atoms with Crippen LogP contribution in [0.1, 0.15) is 45.2 Å². The fraction of sp³-hybridized carbons (Fsp3) is 0.476. The number of carbonyl (C=O) groups is 1. The highest BCUT2D eigenvalue weighted by molar-refractivity contribution is 7.99. The first-order chi connectivity index (χ1) is 14.5. The molecule has 3 rings (SSSR count). The lowest BCUT2D eigenvalue weighted by Crippen LogP contribution is -2.29. The summed E-state index contributed by atoms with van der Waals surface area (Å²) >= 11 is 1.61. The number of thioether (sulfide) groups is 1. The Labute approximate surface area is 181 Å². The summed E-state index contributed by atoms with van der Waals surface area (Å²) in [6.07, 6.45) is 2.20. The number of methoxy groups -OCH3 is 2. The summed E-state index contributed by atoms with van der Waals surface area (Å²) in [5, 5.41) is 8.58. The zero-order valence-corrected chi connectivity index (χ0v) is 18.8. The number of esters is 1. The van der Waals surface area contributed by atoms with Gasteiger partial charge in [-0.05, 0) is 38.0 Å². The molecule has 2 heterocycles. The molecule has 0 amide bonds. The Morgan fingerprint density at radius 3 is 2.67 bits per heavy atom. The van der Waals surface area contributed by atoms with Crippen molar-refractivity contribution in [1.29, 1.82) is 0 Å². The van der Waals surface area contributed by atoms with E-state index in [1.165, 1.54) is 0 Å². The third-order valence-electron chi connectivity index (χ3n) is 4.78. The van der Waals surface area contributed by atoms with Gasteiger partial charge in [-0.25, -0.2) is 9.48 Å². The Hall–Kier alpha value is -2.68. The van der Waals surface area contributed by atoms with Gasteiger partial charge in [-0.2, -0.15) is 4.98 Å². The minimum absolute atomic E-state index is 0.288. The Balaban J connectivity index is 2.09. The van der Waals surface area contributed by atoms with Crippen molar-refractivity contribution in [3.8, 4) is 11.5 Å². The van der Waals surface area contributed by atoms with Gasteiger partial charge in [0, 0.05) is 11.4 Å². The van der Waals surface area contributed by atoms with Crippen LogP contribution in [0.3, 0.4) is 0 Å². The Morgan fingerprint density at radius 2 is 2.00 bits per heavy atom. The number of ether oxygens (including phenoxy) is 3. The van der Waals surface area contributed by atoms with Crippen molar-refractivity contribution >= 4 is 23.7 Å². The monoisotopic (exact) mass is 432 g/mol. The largest absolute Gasteiger partial charge is 0.493 e. The SMILES string of the molecule is CCCCSc1nc2n(n1)C(c1ccc(OC)c(OC)c1)C(C(=O)OCC)=C(C)N2. The lowest BCUT2D eigenvalue weighted by atomic mass is 9.95. The fourth-order valence-corrected chi connectivity index (χ4v) is 4.22. The third-order valence-corrected chi connectivity index (χ3v) is 5.70. The van der Waals surface area contributed by atoms with Crippen molar-refractivity contribution in [1.82, 2.24) is 14.8 Å². The van der Waals surface area contributed by atoms with Crippen LogP contribution in [0.15, 0.2) is 34.6 Å². The summed E-state index contributed by atoms with van der Waals surface area (Å²) in [5.41, 5.74) is 2.01. The van der Waals surface area contributed by atoms with E-state index in [1.807, 2.05) is 25.1 Å². The van der Waals surface area contributed by atoms with Gasteiger partial charge >= 0.3 is 5.97 Å². The van der Waals surface area contributed by atoms with Crippen LogP contribution in [0, 0.1) is 0 Å². The number of rotatable bonds is 9. The highest BCUT2D eigenvalue weighted by Crippen LogP contribution is 2.39. The topological polar surface area (TPSA) is 87.5 Å². The van der Waals surface area contributed by atoms with Crippen LogP contribution in [0.5, 0.6) is 11.5 Å². The van der Waals surface area contributed by atoms with Crippen molar-refractivity contribution in [2.24, 2.45) is 0 Å². The summed E-state index contributed by atoms with van der Waals surface area (Å²) in [4.78, 5) is 17.5. The molecule has 0 bridgehead atoms. The van der Waals surface area contributed by atoms with E-state index in [9.17, 15) is 4.79 Å². The second kappa shape index (κ2) is 9.88. The zero-order valence-electron chi connectivity index (χ0n) is 18.0. The number of allylic oxidation sites excluding steroid dienone is 1. The van der Waals surface area contributed by atoms with Crippen LogP contribution in [-0.2, 0) is 9.53 Å². The normalized spacial score (nSPS) is 15.4. The molecular weight excluding hydrogens is 404 g/mol. The first-order valence-corrected chi connectivity index (χ1v) is 11.0. The molecule has 0 saturated carbocycles. The Bertz CT molecular complexity index is 941. The smallest absolute Gasteiger partial charge is 0.338 e. The zero-order chi connectivity index (χ0) is 21.7. The fourth-order valence-electron chi connectivity index (χ4n) is 3.30. The minimum Gasteiger partial charge on any atom is -0.493 e. The number of hydrogen-bond acceptors (Lipinski definition) is 8. The van der Waals surface area contributed by atoms with Crippen LogP contribution in [-0.4, -0.2) is 47.3 Å². The summed E-state index contributed by atoms with van der Waals surface area (Å²) in [6, 6.07) is 5.09. The van der Waals surface area contributed by atoms with E-state index in [1.54, 1.807) is 37.6 Å². The molecule has 1 N–H and O–H groups in total. The van der Waals surface area contributed by atoms with Gasteiger partial charge in [0.05, 0.1) is 26.4 Å². The maximum absolute atomic E-state index is 12.9. The predicted molar refractivity (Wildman–Crippen MR) is 116 cm³/mol. The van der Waals surface area contributed by atoms with Gasteiger partial charge < -0.3 is 19.5 Å². The molecule has 1 aliphatic heterocycles. The maximum Gasteiger partial charge on any atom is 0.338 e. The van der Waals surface area contributed by atoms with Gasteiger partial charge in [-0.1, -0.05) is 31.2 Å². The van der Waals surface area contributed by atoms with Crippen molar-refractivity contribution in [3.63, 3.8) is 0 Å². The Kier molecular flexibility index (Phi) is 7.25. The molecule has 1 unspecified atom stereocenters. The number of fused-ring (bicyclic) bond motifs is 1. The van der Waals surface area contributed by atoms with Gasteiger partial charge in [-0.3, -0.25) is 0 Å². The second-order valence-electron chi connectivity index (χ2n) is 6.77. The van der Waals surface area contributed by atoms with Crippen LogP contribution >= 0.6 is 11.8 Å². The molecule has 1 aromatic heterocycles. The quantitative estimate of drug-likeness (QED) is 0.361. The van der Waals surface area contributed by atoms with Crippen molar-refractivity contribution in [3.05, 3.63) is 35.0 Å². The van der Waals surface area contributed by atoms with Gasteiger partial charge in [0.1, 0.15) is 6.04 Å². The molecule has 0 radical (unpaired) electrons. The molecule has 0 aliphatic carbocycles. The molecule has 1 atom stereocenters. The number of anilines is 1.